The van der Waals surface area contributed by atoms with Gasteiger partial charge in [-0.05, 0) is 12.1 Å². The normalized spacial score (nSPS) is 11.2. The van der Waals surface area contributed by atoms with Gasteiger partial charge in [0.1, 0.15) is 12.0 Å². The van der Waals surface area contributed by atoms with Crippen LogP contribution >= 0.6 is 11.6 Å². The number of halogens is 2. The number of imidazole rings is 1. The van der Waals surface area contributed by atoms with Crippen LogP contribution in [0.5, 0.6) is 0 Å². The van der Waals surface area contributed by atoms with Gasteiger partial charge in [0.25, 0.3) is 5.91 Å². The van der Waals surface area contributed by atoms with E-state index >= 15 is 0 Å². The van der Waals surface area contributed by atoms with E-state index in [-0.39, 0.29) is 12.2 Å². The minimum absolute atomic E-state index is 0.163. The van der Waals surface area contributed by atoms with Crippen LogP contribution in [0.3, 0.4) is 0 Å². The zero-order chi connectivity index (χ0) is 18.0. The molecule has 0 unspecified atom stereocenters. The molecular weight excluding hydrogens is 351 g/mol. The molecule has 0 atom stereocenters. The average molecular weight is 367 g/mol. The van der Waals surface area contributed by atoms with Crippen LogP contribution in [-0.4, -0.2) is 55.7 Å². The van der Waals surface area contributed by atoms with Crippen molar-refractivity contribution < 1.29 is 13.9 Å². The molecule has 0 spiro atoms. The molecule has 0 aliphatic heterocycles. The summed E-state index contributed by atoms with van der Waals surface area (Å²) in [6.45, 7) is 1.21. The fourth-order valence-electron chi connectivity index (χ4n) is 2.37. The van der Waals surface area contributed by atoms with Gasteiger partial charge in [0.15, 0.2) is 11.5 Å². The number of methoxy groups -OCH3 is 1. The van der Waals surface area contributed by atoms with Crippen LogP contribution in [0.15, 0.2) is 24.7 Å². The van der Waals surface area contributed by atoms with E-state index < -0.39 is 11.9 Å². The first-order chi connectivity index (χ1) is 12.0. The summed E-state index contributed by atoms with van der Waals surface area (Å²) in [7, 11) is 3.15. The third-order valence-electron chi connectivity index (χ3n) is 3.68. The molecule has 0 saturated carbocycles. The van der Waals surface area contributed by atoms with E-state index in [1.54, 1.807) is 37.2 Å². The monoisotopic (exact) mass is 366 g/mol. The summed E-state index contributed by atoms with van der Waals surface area (Å²) in [5.41, 5.74) is 0.0367. The van der Waals surface area contributed by atoms with Crippen molar-refractivity contribution in [3.8, 4) is 0 Å². The summed E-state index contributed by atoms with van der Waals surface area (Å²) in [6, 6.07) is 3.13. The van der Waals surface area contributed by atoms with Crippen molar-refractivity contribution in [1.82, 2.24) is 29.0 Å². The maximum atomic E-state index is 14.5. The Kier molecular flexibility index (Phi) is 4.95. The lowest BCUT2D eigenvalue weighted by Gasteiger charge is -2.16. The molecule has 0 bridgehead atoms. The highest BCUT2D eigenvalue weighted by molar-refractivity contribution is 6.30. The highest BCUT2D eigenvalue weighted by Crippen LogP contribution is 2.17. The SMILES string of the molecule is COCCn1cnnc1CN(C)C(=O)c1nc2ccc(Cl)cn2c1F. The predicted octanol–water partition coefficient (Wildman–Crippen LogP) is 1.64. The Morgan fingerprint density at radius 2 is 2.24 bits per heavy atom. The Labute approximate surface area is 147 Å². The van der Waals surface area contributed by atoms with Crippen LogP contribution < -0.4 is 0 Å². The molecule has 0 aromatic carbocycles. The number of hydrogen-bond acceptors (Lipinski definition) is 5. The molecule has 132 valence electrons. The fourth-order valence-corrected chi connectivity index (χ4v) is 2.53. The van der Waals surface area contributed by atoms with Gasteiger partial charge in [0.2, 0.25) is 5.95 Å². The number of aromatic nitrogens is 5. The van der Waals surface area contributed by atoms with Crippen molar-refractivity contribution in [2.24, 2.45) is 0 Å². The Balaban J connectivity index is 1.81. The van der Waals surface area contributed by atoms with Crippen molar-refractivity contribution in [3.63, 3.8) is 0 Å². The van der Waals surface area contributed by atoms with Crippen molar-refractivity contribution in [3.05, 3.63) is 47.1 Å². The molecule has 0 aliphatic carbocycles. The summed E-state index contributed by atoms with van der Waals surface area (Å²) >= 11 is 5.86. The summed E-state index contributed by atoms with van der Waals surface area (Å²) < 4.78 is 22.4. The molecule has 10 heteroatoms. The minimum atomic E-state index is -0.754. The predicted molar refractivity (Wildman–Crippen MR) is 87.9 cm³/mol. The van der Waals surface area contributed by atoms with Gasteiger partial charge in [-0.25, -0.2) is 4.98 Å². The Hall–Kier alpha value is -2.52. The molecule has 0 radical (unpaired) electrons. The zero-order valence-corrected chi connectivity index (χ0v) is 14.4. The molecule has 0 fully saturated rings. The van der Waals surface area contributed by atoms with Crippen LogP contribution in [-0.2, 0) is 17.8 Å². The first kappa shape index (κ1) is 17.3. The Bertz CT molecular complexity index is 909. The lowest BCUT2D eigenvalue weighted by molar-refractivity contribution is 0.0768. The van der Waals surface area contributed by atoms with Gasteiger partial charge in [-0.2, -0.15) is 4.39 Å². The number of carbonyl (C=O) groups excluding carboxylic acids is 1. The number of rotatable bonds is 6. The summed E-state index contributed by atoms with van der Waals surface area (Å²) in [6.07, 6.45) is 2.93. The van der Waals surface area contributed by atoms with Crippen LogP contribution in [0.2, 0.25) is 5.02 Å². The first-order valence-corrected chi connectivity index (χ1v) is 7.83. The van der Waals surface area contributed by atoms with Gasteiger partial charge in [0, 0.05) is 26.9 Å². The van der Waals surface area contributed by atoms with E-state index in [0.717, 1.165) is 4.40 Å². The second-order valence-corrected chi connectivity index (χ2v) is 5.86. The van der Waals surface area contributed by atoms with Crippen molar-refractivity contribution >= 4 is 23.2 Å². The number of pyridine rings is 1. The van der Waals surface area contributed by atoms with E-state index in [1.165, 1.54) is 11.1 Å². The molecule has 8 nitrogen and oxygen atoms in total. The first-order valence-electron chi connectivity index (χ1n) is 7.45. The third-order valence-corrected chi connectivity index (χ3v) is 3.91. The number of amides is 1. The largest absolute Gasteiger partial charge is 0.383 e. The second kappa shape index (κ2) is 7.16. The molecule has 0 N–H and O–H groups in total. The summed E-state index contributed by atoms with van der Waals surface area (Å²) in [5.74, 6) is -0.742. The van der Waals surface area contributed by atoms with Gasteiger partial charge in [0.05, 0.1) is 18.2 Å². The van der Waals surface area contributed by atoms with Gasteiger partial charge in [-0.15, -0.1) is 10.2 Å². The van der Waals surface area contributed by atoms with Crippen molar-refractivity contribution in [2.75, 3.05) is 20.8 Å². The van der Waals surface area contributed by atoms with Crippen LogP contribution in [0.25, 0.3) is 5.65 Å². The topological polar surface area (TPSA) is 77.5 Å². The number of carbonyl (C=O) groups is 1. The smallest absolute Gasteiger partial charge is 0.277 e. The third kappa shape index (κ3) is 3.47. The second-order valence-electron chi connectivity index (χ2n) is 5.42. The average Bonchev–Trinajstić information content (AvgIpc) is 3.17. The van der Waals surface area contributed by atoms with Gasteiger partial charge >= 0.3 is 0 Å². The number of nitrogens with zero attached hydrogens (tertiary/aromatic N) is 6. The van der Waals surface area contributed by atoms with Gasteiger partial charge in [-0.3, -0.25) is 9.20 Å². The van der Waals surface area contributed by atoms with Gasteiger partial charge < -0.3 is 14.2 Å². The van der Waals surface area contributed by atoms with Crippen LogP contribution in [0.1, 0.15) is 16.3 Å². The molecular formula is C15H16ClFN6O2. The van der Waals surface area contributed by atoms with E-state index in [9.17, 15) is 9.18 Å². The highest BCUT2D eigenvalue weighted by Gasteiger charge is 2.23. The lowest BCUT2D eigenvalue weighted by Crippen LogP contribution is -2.29. The molecule has 25 heavy (non-hydrogen) atoms. The van der Waals surface area contributed by atoms with E-state index in [0.29, 0.717) is 29.6 Å². The standard InChI is InChI=1S/C15H16ClFN6O2/c1-21(8-12-20-18-9-22(12)5-6-25-2)15(24)13-14(17)23-7-10(16)3-4-11(23)19-13/h3-4,7,9H,5-6,8H2,1-2H3. The molecule has 0 aliphatic rings. The molecule has 1 amide bonds. The Morgan fingerprint density at radius 3 is 3.00 bits per heavy atom. The van der Waals surface area contributed by atoms with Crippen molar-refractivity contribution in [1.29, 1.82) is 0 Å². The van der Waals surface area contributed by atoms with Crippen LogP contribution in [0, 0.1) is 5.95 Å². The highest BCUT2D eigenvalue weighted by atomic mass is 35.5. The molecule has 3 aromatic heterocycles. The lowest BCUT2D eigenvalue weighted by atomic mass is 10.4. The Morgan fingerprint density at radius 1 is 1.44 bits per heavy atom. The van der Waals surface area contributed by atoms with Gasteiger partial charge in [-0.1, -0.05) is 11.6 Å². The van der Waals surface area contributed by atoms with E-state index in [2.05, 4.69) is 15.2 Å². The zero-order valence-electron chi connectivity index (χ0n) is 13.7. The van der Waals surface area contributed by atoms with Crippen LogP contribution in [0.4, 0.5) is 4.39 Å². The van der Waals surface area contributed by atoms with E-state index in [1.807, 2.05) is 0 Å². The molecule has 3 aromatic rings. The summed E-state index contributed by atoms with van der Waals surface area (Å²) in [5, 5.41) is 8.17. The quantitative estimate of drug-likeness (QED) is 0.662. The van der Waals surface area contributed by atoms with Crippen molar-refractivity contribution in [2.45, 2.75) is 13.1 Å². The minimum Gasteiger partial charge on any atom is -0.383 e. The number of fused-ring (bicyclic) bond motifs is 1. The molecule has 3 heterocycles. The molecule has 0 saturated heterocycles. The fraction of sp³-hybridized carbons (Fsp3) is 0.333. The number of ether oxygens (including phenoxy) is 1. The summed E-state index contributed by atoms with van der Waals surface area (Å²) in [4.78, 5) is 18.0. The van der Waals surface area contributed by atoms with E-state index in [4.69, 9.17) is 16.3 Å². The number of hydrogen-bond donors (Lipinski definition) is 0. The maximum absolute atomic E-state index is 14.5. The molecule has 3 rings (SSSR count). The maximum Gasteiger partial charge on any atom is 0.277 e.